The first-order chi connectivity index (χ1) is 10.6. The normalized spacial score (nSPS) is 10.2. The Hall–Kier alpha value is 0.510. The van der Waals surface area contributed by atoms with Crippen molar-refractivity contribution in [1.82, 2.24) is 4.24 Å². The number of primary sulfonamides is 1. The van der Waals surface area contributed by atoms with Gasteiger partial charge in [0, 0.05) is 0 Å². The third-order valence-electron chi connectivity index (χ3n) is 2.78. The molecule has 138 valence electrons. The fourth-order valence-electron chi connectivity index (χ4n) is 1.49. The molecular weight excluding hydrogens is 422 g/mol. The Morgan fingerprint density at radius 3 is 1.35 bits per heavy atom. The monoisotopic (exact) mass is 442 g/mol. The summed E-state index contributed by atoms with van der Waals surface area (Å²) in [5.74, 6) is 0. The summed E-state index contributed by atoms with van der Waals surface area (Å²) >= 11 is 5.03. The third-order valence-corrected chi connectivity index (χ3v) is 5.42. The van der Waals surface area contributed by atoms with E-state index in [-0.39, 0.29) is 74.4 Å². The number of aryl methyl sites for hydroxylation is 2. The molecule has 0 aromatic heterocycles. The molecule has 0 amide bonds. The van der Waals surface area contributed by atoms with Crippen molar-refractivity contribution in [3.63, 3.8) is 0 Å². The second-order valence-electron chi connectivity index (χ2n) is 4.75. The number of rotatable bonds is 3. The zero-order valence-corrected chi connectivity index (χ0v) is 15.4. The molecule has 0 heterocycles. The molecule has 7 nitrogen and oxygen atoms in total. The summed E-state index contributed by atoms with van der Waals surface area (Å²) in [5.41, 5.74) is 2.01. The maximum absolute atomic E-state index is 11.1. The van der Waals surface area contributed by atoms with E-state index in [0.29, 0.717) is 0 Å². The average molecular weight is 443 g/mol. The topological polar surface area (TPSA) is 138 Å². The number of benzene rings is 2. The van der Waals surface area contributed by atoms with Gasteiger partial charge in [0.1, 0.15) is 0 Å². The van der Waals surface area contributed by atoms with Crippen LogP contribution in [0.1, 0.15) is 11.1 Å². The van der Waals surface area contributed by atoms with Gasteiger partial charge in [-0.05, 0) is 49.9 Å². The zero-order valence-electron chi connectivity index (χ0n) is 13.0. The fraction of sp³-hybridized carbons (Fsp3) is 0.143. The summed E-state index contributed by atoms with van der Waals surface area (Å²) < 4.78 is 45.3. The summed E-state index contributed by atoms with van der Waals surface area (Å²) in [6.07, 6.45) is 0. The van der Waals surface area contributed by atoms with Gasteiger partial charge in [0.2, 0.25) is 10.0 Å². The van der Waals surface area contributed by atoms with Crippen molar-refractivity contribution in [2.24, 2.45) is 5.14 Å². The first kappa shape index (κ1) is 31.2. The van der Waals surface area contributed by atoms with Crippen LogP contribution >= 0.6 is 11.8 Å². The summed E-state index contributed by atoms with van der Waals surface area (Å²) in [6.45, 7) is 3.76. The van der Waals surface area contributed by atoms with Crippen molar-refractivity contribution in [2.45, 2.75) is 23.6 Å². The summed E-state index contributed by atoms with van der Waals surface area (Å²) in [5, 5.41) is 4.88. The fourth-order valence-corrected chi connectivity index (χ4v) is 2.86. The Balaban J connectivity index is -0.000000366. The van der Waals surface area contributed by atoms with E-state index in [0.717, 1.165) is 11.1 Å². The van der Waals surface area contributed by atoms with Gasteiger partial charge >= 0.3 is 59.1 Å². The predicted octanol–water partition coefficient (Wildman–Crippen LogP) is -0.0522. The van der Waals surface area contributed by atoms with Crippen molar-refractivity contribution < 1.29 is 22.3 Å². The molecule has 12 heteroatoms. The van der Waals surface area contributed by atoms with Gasteiger partial charge in [-0.2, -0.15) is 0 Å². The van der Waals surface area contributed by atoms with Crippen LogP contribution in [-0.2, 0) is 20.0 Å². The quantitative estimate of drug-likeness (QED) is 0.508. The van der Waals surface area contributed by atoms with E-state index in [1.165, 1.54) is 24.3 Å². The number of hydrogen-bond donors (Lipinski definition) is 2. The molecule has 0 aliphatic rings. The Bertz CT molecular complexity index is 859. The van der Waals surface area contributed by atoms with Crippen molar-refractivity contribution in [1.29, 1.82) is 0 Å². The molecule has 0 saturated heterocycles. The van der Waals surface area contributed by atoms with Gasteiger partial charge in [0.05, 0.1) is 9.79 Å². The van der Waals surface area contributed by atoms with E-state index < -0.39 is 20.0 Å². The van der Waals surface area contributed by atoms with Gasteiger partial charge in [-0.3, -0.25) is 0 Å². The summed E-state index contributed by atoms with van der Waals surface area (Å²) in [7, 11) is -7.02. The van der Waals surface area contributed by atoms with Gasteiger partial charge in [-0.25, -0.2) is 22.0 Å². The van der Waals surface area contributed by atoms with Crippen LogP contribution in [0.25, 0.3) is 0 Å². The molecule has 2 aromatic carbocycles. The van der Waals surface area contributed by atoms with Gasteiger partial charge in [0.15, 0.2) is 0 Å². The van der Waals surface area contributed by atoms with Gasteiger partial charge in [-0.1, -0.05) is 35.4 Å². The second kappa shape index (κ2) is 13.6. The van der Waals surface area contributed by atoms with E-state index in [1.54, 1.807) is 28.5 Å². The van der Waals surface area contributed by atoms with Gasteiger partial charge in [-0.15, -0.1) is 4.24 Å². The minimum absolute atomic E-state index is 0. The molecular formula is C14H21ClN2Na2O5S2. The Morgan fingerprint density at radius 2 is 1.08 bits per heavy atom. The zero-order chi connectivity index (χ0) is 17.7. The van der Waals surface area contributed by atoms with Crippen LogP contribution in [0, 0.1) is 13.8 Å². The number of halogens is 1. The molecule has 0 saturated carbocycles. The molecule has 0 bridgehead atoms. The van der Waals surface area contributed by atoms with Crippen LogP contribution in [0.3, 0.4) is 0 Å². The maximum atomic E-state index is 11.1. The molecule has 0 aliphatic carbocycles. The number of nitrogens with two attached hydrogens (primary N) is 1. The SMILES string of the molecule is Cc1ccc(S(=O)(=O)NCl)cc1.Cc1ccc(S(N)(=O)=O)cc1.O.[NaH].[NaH]. The first-order valence-corrected chi connectivity index (χ1v) is 9.75. The van der Waals surface area contributed by atoms with Crippen LogP contribution in [-0.4, -0.2) is 81.4 Å². The molecule has 26 heavy (non-hydrogen) atoms. The number of hydrogen-bond acceptors (Lipinski definition) is 4. The molecule has 2 rings (SSSR count). The van der Waals surface area contributed by atoms with Crippen molar-refractivity contribution in [3.8, 4) is 0 Å². The third kappa shape index (κ3) is 10.7. The molecule has 5 N–H and O–H groups in total. The van der Waals surface area contributed by atoms with Crippen LogP contribution in [0.2, 0.25) is 0 Å². The predicted molar refractivity (Wildman–Crippen MR) is 108 cm³/mol. The van der Waals surface area contributed by atoms with Crippen LogP contribution in [0.4, 0.5) is 0 Å². The van der Waals surface area contributed by atoms with E-state index in [9.17, 15) is 16.8 Å². The first-order valence-electron chi connectivity index (χ1n) is 6.35. The van der Waals surface area contributed by atoms with Crippen molar-refractivity contribution in [3.05, 3.63) is 59.7 Å². The number of nitrogens with one attached hydrogen (secondary N) is 1. The Kier molecular flexibility index (Phi) is 16.4. The van der Waals surface area contributed by atoms with Crippen molar-refractivity contribution >= 4 is 90.9 Å². The van der Waals surface area contributed by atoms with Gasteiger partial charge < -0.3 is 5.48 Å². The molecule has 0 radical (unpaired) electrons. The van der Waals surface area contributed by atoms with Crippen LogP contribution in [0.5, 0.6) is 0 Å². The second-order valence-corrected chi connectivity index (χ2v) is 8.41. The minimum atomic E-state index is -3.52. The molecule has 0 unspecified atom stereocenters. The molecule has 0 fully saturated rings. The van der Waals surface area contributed by atoms with Crippen molar-refractivity contribution in [2.75, 3.05) is 0 Å². The van der Waals surface area contributed by atoms with E-state index >= 15 is 0 Å². The Labute approximate surface area is 203 Å². The van der Waals surface area contributed by atoms with Gasteiger partial charge in [0.25, 0.3) is 10.0 Å². The van der Waals surface area contributed by atoms with E-state index in [1.807, 2.05) is 13.8 Å². The van der Waals surface area contributed by atoms with Crippen LogP contribution < -0.4 is 9.38 Å². The summed E-state index contributed by atoms with van der Waals surface area (Å²) in [6, 6.07) is 12.8. The molecule has 0 atom stereocenters. The van der Waals surface area contributed by atoms with E-state index in [4.69, 9.17) is 16.9 Å². The van der Waals surface area contributed by atoms with Crippen LogP contribution in [0.15, 0.2) is 58.3 Å². The number of sulfonamides is 2. The molecule has 0 aliphatic heterocycles. The summed E-state index contributed by atoms with van der Waals surface area (Å²) in [4.78, 5) is 0.325. The average Bonchev–Trinajstić information content (AvgIpc) is 2.48. The molecule has 2 aromatic rings. The van der Waals surface area contributed by atoms with E-state index in [2.05, 4.69) is 0 Å². The Morgan fingerprint density at radius 1 is 0.769 bits per heavy atom. The molecule has 0 spiro atoms. The standard InChI is InChI=1S/C7H8ClNO2S.C7H9NO2S.2Na.H2O.2H/c1-6-2-4-7(5-3-6)12(10,11)9-8;1-6-2-4-7(5-3-6)11(8,9)10;;;;;/h2-5,9H,1H3;2-5H,1H3,(H2,8,9,10);;;1H2;;.